The number of carbonyl (C=O) groups is 1. The first-order valence-electron chi connectivity index (χ1n) is 12.7. The lowest BCUT2D eigenvalue weighted by molar-refractivity contribution is -0.118. The van der Waals surface area contributed by atoms with Crippen LogP contribution < -0.4 is 10.1 Å². The SMILES string of the molecule is CCCCCCC(C)(C)c1cc(O)c2c(c1)OC(C)(C)C1CC=C(C(=O)NC3CC3)CC21. The van der Waals surface area contributed by atoms with Gasteiger partial charge in [0, 0.05) is 29.0 Å². The maximum Gasteiger partial charge on any atom is 0.247 e. The molecule has 1 aliphatic heterocycles. The average molecular weight is 440 g/mol. The number of nitrogens with one attached hydrogen (secondary N) is 1. The number of hydrogen-bond donors (Lipinski definition) is 2. The first kappa shape index (κ1) is 23.2. The molecule has 1 aromatic rings. The number of amides is 1. The number of allylic oxidation sites excluding steroid dienone is 1. The van der Waals surface area contributed by atoms with Crippen molar-refractivity contribution < 1.29 is 14.6 Å². The summed E-state index contributed by atoms with van der Waals surface area (Å²) in [7, 11) is 0. The van der Waals surface area contributed by atoms with Crippen molar-refractivity contribution in [3.05, 3.63) is 34.9 Å². The van der Waals surface area contributed by atoms with Gasteiger partial charge in [-0.3, -0.25) is 4.79 Å². The molecule has 4 rings (SSSR count). The van der Waals surface area contributed by atoms with Crippen molar-refractivity contribution in [2.24, 2.45) is 5.92 Å². The first-order chi connectivity index (χ1) is 15.1. The van der Waals surface area contributed by atoms with Gasteiger partial charge in [-0.2, -0.15) is 0 Å². The quantitative estimate of drug-likeness (QED) is 0.454. The number of phenols is 1. The molecule has 2 unspecified atom stereocenters. The zero-order chi connectivity index (χ0) is 23.1. The van der Waals surface area contributed by atoms with Crippen molar-refractivity contribution in [3.8, 4) is 11.5 Å². The maximum absolute atomic E-state index is 12.7. The highest BCUT2D eigenvalue weighted by molar-refractivity contribution is 5.94. The van der Waals surface area contributed by atoms with Gasteiger partial charge in [-0.05, 0) is 69.1 Å². The Balaban J connectivity index is 1.61. The summed E-state index contributed by atoms with van der Waals surface area (Å²) in [5.74, 6) is 1.54. The van der Waals surface area contributed by atoms with Gasteiger partial charge in [-0.25, -0.2) is 0 Å². The molecule has 1 amide bonds. The van der Waals surface area contributed by atoms with Gasteiger partial charge in [0.05, 0.1) is 0 Å². The van der Waals surface area contributed by atoms with Crippen molar-refractivity contribution >= 4 is 5.91 Å². The molecule has 3 aliphatic rings. The molecule has 2 aliphatic carbocycles. The second-order valence-corrected chi connectivity index (χ2v) is 11.4. The third-order valence-corrected chi connectivity index (χ3v) is 7.94. The number of rotatable bonds is 8. The summed E-state index contributed by atoms with van der Waals surface area (Å²) in [6, 6.07) is 4.48. The Morgan fingerprint density at radius 2 is 1.97 bits per heavy atom. The van der Waals surface area contributed by atoms with Crippen LogP contribution in [-0.4, -0.2) is 22.7 Å². The lowest BCUT2D eigenvalue weighted by Crippen LogP contribution is -2.46. The molecule has 0 saturated heterocycles. The lowest BCUT2D eigenvalue weighted by Gasteiger charge is -2.47. The van der Waals surface area contributed by atoms with E-state index in [0.29, 0.717) is 18.2 Å². The summed E-state index contributed by atoms with van der Waals surface area (Å²) in [6.07, 6.45) is 11.8. The molecule has 0 aromatic heterocycles. The van der Waals surface area contributed by atoms with Crippen LogP contribution in [-0.2, 0) is 10.2 Å². The van der Waals surface area contributed by atoms with Crippen molar-refractivity contribution in [1.82, 2.24) is 5.32 Å². The van der Waals surface area contributed by atoms with E-state index in [9.17, 15) is 9.90 Å². The van der Waals surface area contributed by atoms with Crippen LogP contribution in [0.4, 0.5) is 0 Å². The molecule has 0 bridgehead atoms. The summed E-state index contributed by atoms with van der Waals surface area (Å²) in [4.78, 5) is 12.7. The summed E-state index contributed by atoms with van der Waals surface area (Å²) in [5.41, 5.74) is 2.53. The largest absolute Gasteiger partial charge is 0.508 e. The van der Waals surface area contributed by atoms with E-state index < -0.39 is 0 Å². The minimum absolute atomic E-state index is 0.0214. The van der Waals surface area contributed by atoms with Crippen LogP contribution in [0.2, 0.25) is 0 Å². The highest BCUT2D eigenvalue weighted by Crippen LogP contribution is 2.55. The Labute approximate surface area is 193 Å². The van der Waals surface area contributed by atoms with Gasteiger partial charge in [0.25, 0.3) is 0 Å². The van der Waals surface area contributed by atoms with Crippen LogP contribution in [0.15, 0.2) is 23.8 Å². The van der Waals surface area contributed by atoms with Crippen molar-refractivity contribution in [2.75, 3.05) is 0 Å². The van der Waals surface area contributed by atoms with E-state index in [2.05, 4.69) is 52.1 Å². The van der Waals surface area contributed by atoms with Gasteiger partial charge in [0.15, 0.2) is 0 Å². The van der Waals surface area contributed by atoms with Crippen LogP contribution in [0.25, 0.3) is 0 Å². The van der Waals surface area contributed by atoms with Gasteiger partial charge in [-0.15, -0.1) is 0 Å². The van der Waals surface area contributed by atoms with E-state index in [-0.39, 0.29) is 28.8 Å². The summed E-state index contributed by atoms with van der Waals surface area (Å²) >= 11 is 0. The van der Waals surface area contributed by atoms with Crippen LogP contribution in [0.5, 0.6) is 11.5 Å². The van der Waals surface area contributed by atoms with E-state index in [0.717, 1.165) is 48.1 Å². The number of ether oxygens (including phenoxy) is 1. The molecule has 176 valence electrons. The number of unbranched alkanes of at least 4 members (excludes halogenated alkanes) is 3. The molecule has 1 aromatic carbocycles. The minimum Gasteiger partial charge on any atom is -0.508 e. The molecule has 0 radical (unpaired) electrons. The van der Waals surface area contributed by atoms with E-state index in [4.69, 9.17) is 4.74 Å². The zero-order valence-corrected chi connectivity index (χ0v) is 20.6. The Hall–Kier alpha value is -1.97. The number of hydrogen-bond acceptors (Lipinski definition) is 3. The molecule has 2 N–H and O–H groups in total. The summed E-state index contributed by atoms with van der Waals surface area (Å²) < 4.78 is 6.53. The third kappa shape index (κ3) is 4.70. The fourth-order valence-electron chi connectivity index (χ4n) is 5.62. The Morgan fingerprint density at radius 1 is 1.22 bits per heavy atom. The monoisotopic (exact) mass is 439 g/mol. The molecule has 1 heterocycles. The standard InChI is InChI=1S/C28H41NO3/c1-6-7-8-9-14-27(2,3)19-16-23(30)25-21-15-18(26(31)29-20-11-12-20)10-13-22(21)28(4,5)32-24(25)17-19/h10,16-17,20-22,30H,6-9,11-15H2,1-5H3,(H,29,31). The van der Waals surface area contributed by atoms with Crippen LogP contribution >= 0.6 is 0 Å². The second kappa shape index (κ2) is 8.76. The number of benzene rings is 1. The van der Waals surface area contributed by atoms with Gasteiger partial charge in [0.1, 0.15) is 17.1 Å². The Kier molecular flexibility index (Phi) is 6.35. The molecule has 2 atom stereocenters. The Bertz CT molecular complexity index is 894. The molecule has 32 heavy (non-hydrogen) atoms. The molecule has 1 fully saturated rings. The number of carbonyl (C=O) groups excluding carboxylic acids is 1. The molecule has 0 spiro atoms. The van der Waals surface area contributed by atoms with Crippen LogP contribution in [0, 0.1) is 5.92 Å². The fourth-order valence-corrected chi connectivity index (χ4v) is 5.62. The topological polar surface area (TPSA) is 58.6 Å². The first-order valence-corrected chi connectivity index (χ1v) is 12.7. The molecule has 4 nitrogen and oxygen atoms in total. The molecule has 1 saturated carbocycles. The second-order valence-electron chi connectivity index (χ2n) is 11.4. The van der Waals surface area contributed by atoms with Gasteiger partial charge >= 0.3 is 0 Å². The molecular weight excluding hydrogens is 398 g/mol. The highest BCUT2D eigenvalue weighted by atomic mass is 16.5. The normalized spacial score (nSPS) is 24.1. The maximum atomic E-state index is 12.7. The smallest absolute Gasteiger partial charge is 0.247 e. The lowest BCUT2D eigenvalue weighted by atomic mass is 9.66. The van der Waals surface area contributed by atoms with E-state index in [1.54, 1.807) is 0 Å². The van der Waals surface area contributed by atoms with E-state index >= 15 is 0 Å². The van der Waals surface area contributed by atoms with Gasteiger partial charge < -0.3 is 15.2 Å². The van der Waals surface area contributed by atoms with Gasteiger partial charge in [-0.1, -0.05) is 52.5 Å². The van der Waals surface area contributed by atoms with Crippen LogP contribution in [0.3, 0.4) is 0 Å². The fraction of sp³-hybridized carbons (Fsp3) is 0.679. The van der Waals surface area contributed by atoms with Crippen molar-refractivity contribution in [2.45, 2.75) is 115 Å². The predicted octanol–water partition coefficient (Wildman–Crippen LogP) is 6.51. The number of aromatic hydroxyl groups is 1. The summed E-state index contributed by atoms with van der Waals surface area (Å²) in [5, 5.41) is 14.3. The van der Waals surface area contributed by atoms with Gasteiger partial charge in [0.2, 0.25) is 5.91 Å². The number of phenolic OH excluding ortho intramolecular Hbond substituents is 1. The molecular formula is C28H41NO3. The van der Waals surface area contributed by atoms with E-state index in [1.165, 1.54) is 25.7 Å². The highest BCUT2D eigenvalue weighted by Gasteiger charge is 2.47. The third-order valence-electron chi connectivity index (χ3n) is 7.94. The van der Waals surface area contributed by atoms with Crippen LogP contribution in [0.1, 0.15) is 109 Å². The Morgan fingerprint density at radius 3 is 2.66 bits per heavy atom. The summed E-state index contributed by atoms with van der Waals surface area (Å²) in [6.45, 7) is 11.1. The number of fused-ring (bicyclic) bond motifs is 3. The van der Waals surface area contributed by atoms with Crippen molar-refractivity contribution in [1.29, 1.82) is 0 Å². The average Bonchev–Trinajstić information content (AvgIpc) is 3.54. The minimum atomic E-state index is -0.344. The predicted molar refractivity (Wildman–Crippen MR) is 129 cm³/mol. The van der Waals surface area contributed by atoms with Crippen molar-refractivity contribution in [3.63, 3.8) is 0 Å². The zero-order valence-electron chi connectivity index (χ0n) is 20.6. The molecule has 4 heteroatoms. The van der Waals surface area contributed by atoms with E-state index in [1.807, 2.05) is 6.07 Å².